The van der Waals surface area contributed by atoms with Crippen LogP contribution in [0.2, 0.25) is 5.02 Å². The summed E-state index contributed by atoms with van der Waals surface area (Å²) in [5.74, 6) is -4.58. The molecular weight excluding hydrogens is 662 g/mol. The highest BCUT2D eigenvalue weighted by molar-refractivity contribution is 6.39. The molecule has 0 aliphatic carbocycles. The van der Waals surface area contributed by atoms with Gasteiger partial charge in [0.05, 0.1) is 31.3 Å². The number of hydrogen-bond donors (Lipinski definition) is 7. The normalized spacial score (nSPS) is 21.5. The van der Waals surface area contributed by atoms with E-state index >= 15 is 0 Å². The van der Waals surface area contributed by atoms with Gasteiger partial charge in [-0.05, 0) is 42.7 Å². The molecule has 0 radical (unpaired) electrons. The highest BCUT2D eigenvalue weighted by Crippen LogP contribution is 2.34. The summed E-state index contributed by atoms with van der Waals surface area (Å²) < 4.78 is 16.7. The number of carbonyl (C=O) groups is 4. The SMILES string of the molecule is C#CCOCCCCCCO[C@]1(C(=O)O)C[C@H](O)[C@@H](NC(=O)C(=O)Nc2ccccc2)[C@H]([C@H](O)[C@H](O)CNC(=O)Cc2ccc(Cl)cc2)O1. The first-order valence-corrected chi connectivity index (χ1v) is 16.1. The van der Waals surface area contributed by atoms with Gasteiger partial charge >= 0.3 is 17.8 Å². The van der Waals surface area contributed by atoms with Crippen molar-refractivity contribution in [3.05, 3.63) is 65.2 Å². The molecule has 2 aromatic rings. The minimum atomic E-state index is -2.48. The molecule has 3 rings (SSSR count). The number of aliphatic hydroxyl groups excluding tert-OH is 3. The summed E-state index contributed by atoms with van der Waals surface area (Å²) in [6.07, 6.45) is -0.382. The molecular formula is C34H42ClN3O11. The lowest BCUT2D eigenvalue weighted by Gasteiger charge is -2.46. The van der Waals surface area contributed by atoms with Gasteiger partial charge in [-0.15, -0.1) is 6.42 Å². The second-order valence-electron chi connectivity index (χ2n) is 11.4. The van der Waals surface area contributed by atoms with Gasteiger partial charge in [0.15, 0.2) is 0 Å². The fourth-order valence-electron chi connectivity index (χ4n) is 5.08. The van der Waals surface area contributed by atoms with E-state index in [2.05, 4.69) is 21.9 Å². The zero-order valence-corrected chi connectivity index (χ0v) is 27.5. The number of benzene rings is 2. The van der Waals surface area contributed by atoms with E-state index < -0.39 is 72.9 Å². The van der Waals surface area contributed by atoms with E-state index in [1.807, 2.05) is 0 Å². The van der Waals surface area contributed by atoms with Crippen molar-refractivity contribution < 1.29 is 53.8 Å². The lowest BCUT2D eigenvalue weighted by molar-refractivity contribution is -0.310. The van der Waals surface area contributed by atoms with Gasteiger partial charge in [0.2, 0.25) is 5.91 Å². The number of carboxylic acids is 1. The number of hydrogen-bond acceptors (Lipinski definition) is 10. The Bertz CT molecular complexity index is 1420. The van der Waals surface area contributed by atoms with Crippen LogP contribution in [-0.2, 0) is 39.8 Å². The molecule has 7 N–H and O–H groups in total. The average Bonchev–Trinajstić information content (AvgIpc) is 3.08. The first kappa shape index (κ1) is 39.4. The number of carbonyl (C=O) groups excluding carboxylic acids is 3. The van der Waals surface area contributed by atoms with Crippen LogP contribution in [0, 0.1) is 12.3 Å². The first-order valence-electron chi connectivity index (χ1n) is 15.7. The lowest BCUT2D eigenvalue weighted by atomic mass is 9.88. The van der Waals surface area contributed by atoms with E-state index in [9.17, 15) is 39.6 Å². The Morgan fingerprint density at radius 3 is 2.33 bits per heavy atom. The summed E-state index contributed by atoms with van der Waals surface area (Å²) in [5, 5.41) is 51.1. The smallest absolute Gasteiger partial charge is 0.364 e. The Labute approximate surface area is 289 Å². The fourth-order valence-corrected chi connectivity index (χ4v) is 5.20. The number of aliphatic carboxylic acids is 1. The van der Waals surface area contributed by atoms with E-state index in [1.54, 1.807) is 54.6 Å². The third-order valence-corrected chi connectivity index (χ3v) is 7.91. The Kier molecular flexibility index (Phi) is 15.9. The molecule has 49 heavy (non-hydrogen) atoms. The summed E-state index contributed by atoms with van der Waals surface area (Å²) >= 11 is 5.88. The number of rotatable bonds is 18. The third kappa shape index (κ3) is 12.4. The Hall–Kier alpha value is -4.07. The maximum atomic E-state index is 12.9. The predicted molar refractivity (Wildman–Crippen MR) is 177 cm³/mol. The molecule has 1 heterocycles. The van der Waals surface area contributed by atoms with Crippen LogP contribution in [0.3, 0.4) is 0 Å². The number of nitrogens with one attached hydrogen (secondary N) is 3. The molecule has 1 fully saturated rings. The van der Waals surface area contributed by atoms with E-state index in [0.29, 0.717) is 35.7 Å². The maximum Gasteiger partial charge on any atom is 0.364 e. The number of unbranched alkanes of at least 4 members (excludes halogenated alkanes) is 3. The summed E-state index contributed by atoms with van der Waals surface area (Å²) in [4.78, 5) is 50.6. The monoisotopic (exact) mass is 703 g/mol. The molecule has 1 aliphatic heterocycles. The van der Waals surface area contributed by atoms with Gasteiger partial charge < -0.3 is 50.6 Å². The van der Waals surface area contributed by atoms with Crippen LogP contribution in [0.1, 0.15) is 37.7 Å². The largest absolute Gasteiger partial charge is 0.477 e. The third-order valence-electron chi connectivity index (χ3n) is 7.66. The molecule has 15 heteroatoms. The number of terminal acetylenes is 1. The number of ether oxygens (including phenoxy) is 3. The molecule has 0 spiro atoms. The van der Waals surface area contributed by atoms with Crippen LogP contribution in [-0.4, -0.2) is 107 Å². The van der Waals surface area contributed by atoms with E-state index in [-0.39, 0.29) is 19.6 Å². The predicted octanol–water partition coefficient (Wildman–Crippen LogP) is 1.00. The van der Waals surface area contributed by atoms with Gasteiger partial charge in [0.1, 0.15) is 18.8 Å². The van der Waals surface area contributed by atoms with Crippen LogP contribution in [0.5, 0.6) is 0 Å². The molecule has 0 saturated carbocycles. The Balaban J connectivity index is 1.71. The van der Waals surface area contributed by atoms with Gasteiger partial charge in [-0.2, -0.15) is 0 Å². The van der Waals surface area contributed by atoms with Gasteiger partial charge in [-0.25, -0.2) is 4.79 Å². The Morgan fingerprint density at radius 2 is 1.67 bits per heavy atom. The van der Waals surface area contributed by atoms with E-state index in [0.717, 1.165) is 12.8 Å². The summed E-state index contributed by atoms with van der Waals surface area (Å²) in [7, 11) is 0. The molecule has 14 nitrogen and oxygen atoms in total. The van der Waals surface area contributed by atoms with Crippen LogP contribution >= 0.6 is 11.6 Å². The minimum Gasteiger partial charge on any atom is -0.477 e. The molecule has 3 amide bonds. The number of carboxylic acid groups (broad SMARTS) is 1. The minimum absolute atomic E-state index is 0.0677. The molecule has 6 atom stereocenters. The molecule has 266 valence electrons. The van der Waals surface area contributed by atoms with Crippen LogP contribution < -0.4 is 16.0 Å². The van der Waals surface area contributed by atoms with E-state index in [4.69, 9.17) is 32.2 Å². The quantitative estimate of drug-likeness (QED) is 0.0661. The van der Waals surface area contributed by atoms with Crippen molar-refractivity contribution in [2.45, 2.75) is 74.8 Å². The standard InChI is InChI=1S/C34H42ClN3O11/c1-2-16-47-17-8-3-4-9-18-48-34(33(45)46)20-25(39)28(38-32(44)31(43)37-24-10-6-5-7-11-24)30(49-34)29(42)26(40)21-36-27(41)19-22-12-14-23(35)15-13-22/h1,5-7,10-15,25-26,28-30,39-40,42H,3-4,8-9,16-21H2,(H,36,41)(H,37,43)(H,38,44)(H,45,46)/t25-,26+,28+,29+,30+,34+/m0/s1. The van der Waals surface area contributed by atoms with Crippen LogP contribution in [0.15, 0.2) is 54.6 Å². The number of amides is 3. The number of para-hydroxylation sites is 1. The van der Waals surface area contributed by atoms with Gasteiger partial charge in [0, 0.05) is 30.3 Å². The summed E-state index contributed by atoms with van der Waals surface area (Å²) in [6.45, 7) is 0.0669. The van der Waals surface area contributed by atoms with Crippen LogP contribution in [0.25, 0.3) is 0 Å². The summed E-state index contributed by atoms with van der Waals surface area (Å²) in [6, 6.07) is 13.0. The van der Waals surface area contributed by atoms with Crippen molar-refractivity contribution in [3.8, 4) is 12.3 Å². The van der Waals surface area contributed by atoms with Gasteiger partial charge in [0.25, 0.3) is 5.79 Å². The fraction of sp³-hybridized carbons (Fsp3) is 0.471. The molecule has 0 unspecified atom stereocenters. The zero-order chi connectivity index (χ0) is 35.8. The molecule has 1 aliphatic rings. The van der Waals surface area contributed by atoms with Crippen molar-refractivity contribution in [3.63, 3.8) is 0 Å². The lowest BCUT2D eigenvalue weighted by Crippen LogP contribution is -2.68. The van der Waals surface area contributed by atoms with Gasteiger partial charge in [-0.3, -0.25) is 14.4 Å². The van der Waals surface area contributed by atoms with Crippen molar-refractivity contribution in [1.82, 2.24) is 10.6 Å². The van der Waals surface area contributed by atoms with E-state index in [1.165, 1.54) is 0 Å². The Morgan fingerprint density at radius 1 is 1.00 bits per heavy atom. The molecule has 0 aromatic heterocycles. The van der Waals surface area contributed by atoms with Gasteiger partial charge in [-0.1, -0.05) is 60.7 Å². The topological polar surface area (TPSA) is 213 Å². The first-order chi connectivity index (χ1) is 23.5. The molecule has 1 saturated heterocycles. The average molecular weight is 704 g/mol. The van der Waals surface area contributed by atoms with Crippen LogP contribution in [0.4, 0.5) is 5.69 Å². The van der Waals surface area contributed by atoms with Crippen molar-refractivity contribution in [2.75, 3.05) is 31.7 Å². The maximum absolute atomic E-state index is 12.9. The van der Waals surface area contributed by atoms with Crippen molar-refractivity contribution >= 4 is 41.0 Å². The second kappa shape index (κ2) is 19.8. The number of halogens is 1. The highest BCUT2D eigenvalue weighted by Gasteiger charge is 2.56. The number of aliphatic hydroxyl groups is 3. The van der Waals surface area contributed by atoms with Crippen molar-refractivity contribution in [1.29, 1.82) is 0 Å². The highest BCUT2D eigenvalue weighted by atomic mass is 35.5. The summed E-state index contributed by atoms with van der Waals surface area (Å²) in [5.41, 5.74) is 0.940. The van der Waals surface area contributed by atoms with Crippen molar-refractivity contribution in [2.24, 2.45) is 0 Å². The second-order valence-corrected chi connectivity index (χ2v) is 11.9. The molecule has 0 bridgehead atoms. The number of anilines is 1. The zero-order valence-electron chi connectivity index (χ0n) is 26.8. The molecule has 2 aromatic carbocycles.